The van der Waals surface area contributed by atoms with Crippen molar-refractivity contribution in [3.05, 3.63) is 38.4 Å². The second-order valence-electron chi connectivity index (χ2n) is 3.34. The Morgan fingerprint density at radius 1 is 1.38 bits per heavy atom. The quantitative estimate of drug-likeness (QED) is 0.853. The fourth-order valence-electron chi connectivity index (χ4n) is 1.46. The smallest absolute Gasteiger partial charge is 0.108 e. The summed E-state index contributed by atoms with van der Waals surface area (Å²) >= 11 is 15.6. The number of H-pyrrole nitrogens is 1. The predicted molar refractivity (Wildman–Crippen MR) is 71.1 cm³/mol. The van der Waals surface area contributed by atoms with Gasteiger partial charge in [-0.05, 0) is 40.5 Å². The molecule has 0 atom stereocenters. The number of benzene rings is 1. The molecule has 2 aromatic rings. The molecular weight excluding hydrogens is 311 g/mol. The van der Waals surface area contributed by atoms with Crippen molar-refractivity contribution < 1.29 is 0 Å². The zero-order valence-electron chi connectivity index (χ0n) is 8.52. The van der Waals surface area contributed by atoms with E-state index in [0.717, 1.165) is 27.8 Å². The number of rotatable bonds is 2. The van der Waals surface area contributed by atoms with E-state index in [-0.39, 0.29) is 0 Å². The molecule has 0 spiro atoms. The molecule has 0 aliphatic heterocycles. The molecule has 84 valence electrons. The standard InChI is InChI=1S/C11H9BrCl2N2/c1-2-9-10(12)11(16-15-9)7-5-6(13)3-4-8(7)14/h3-5H,2H2,1H3,(H,15,16). The van der Waals surface area contributed by atoms with Gasteiger partial charge in [0.2, 0.25) is 0 Å². The van der Waals surface area contributed by atoms with Gasteiger partial charge in [-0.3, -0.25) is 5.10 Å². The van der Waals surface area contributed by atoms with Gasteiger partial charge in [0.25, 0.3) is 0 Å². The first-order chi connectivity index (χ1) is 7.63. The van der Waals surface area contributed by atoms with Crippen molar-refractivity contribution in [1.82, 2.24) is 10.2 Å². The van der Waals surface area contributed by atoms with Crippen LogP contribution in [0.25, 0.3) is 11.3 Å². The van der Waals surface area contributed by atoms with Crippen LogP contribution >= 0.6 is 39.1 Å². The molecule has 0 saturated heterocycles. The number of aryl methyl sites for hydroxylation is 1. The van der Waals surface area contributed by atoms with Crippen LogP contribution in [0, 0.1) is 0 Å². The van der Waals surface area contributed by atoms with E-state index in [1.165, 1.54) is 0 Å². The fourth-order valence-corrected chi connectivity index (χ4v) is 2.51. The Bertz CT molecular complexity index is 523. The van der Waals surface area contributed by atoms with Gasteiger partial charge in [-0.25, -0.2) is 0 Å². The number of hydrogen-bond donors (Lipinski definition) is 1. The maximum absolute atomic E-state index is 6.12. The predicted octanol–water partition coefficient (Wildman–Crippen LogP) is 4.71. The summed E-state index contributed by atoms with van der Waals surface area (Å²) in [5.41, 5.74) is 2.67. The fraction of sp³-hybridized carbons (Fsp3) is 0.182. The van der Waals surface area contributed by atoms with Gasteiger partial charge in [-0.1, -0.05) is 30.1 Å². The molecule has 1 N–H and O–H groups in total. The van der Waals surface area contributed by atoms with Crippen LogP contribution in [-0.2, 0) is 6.42 Å². The maximum Gasteiger partial charge on any atom is 0.108 e. The van der Waals surface area contributed by atoms with Gasteiger partial charge in [0.1, 0.15) is 5.69 Å². The second-order valence-corrected chi connectivity index (χ2v) is 4.98. The summed E-state index contributed by atoms with van der Waals surface area (Å²) in [4.78, 5) is 0. The normalized spacial score (nSPS) is 10.8. The van der Waals surface area contributed by atoms with E-state index in [9.17, 15) is 0 Å². The molecule has 5 heteroatoms. The third-order valence-corrected chi connectivity index (χ3v) is 3.73. The van der Waals surface area contributed by atoms with E-state index < -0.39 is 0 Å². The van der Waals surface area contributed by atoms with Crippen LogP contribution in [-0.4, -0.2) is 10.2 Å². The summed E-state index contributed by atoms with van der Waals surface area (Å²) in [5.74, 6) is 0. The molecule has 2 rings (SSSR count). The van der Waals surface area contributed by atoms with Gasteiger partial charge in [0.05, 0.1) is 9.50 Å². The number of hydrogen-bond acceptors (Lipinski definition) is 1. The molecule has 0 bridgehead atoms. The van der Waals surface area contributed by atoms with Gasteiger partial charge >= 0.3 is 0 Å². The van der Waals surface area contributed by atoms with E-state index in [1.54, 1.807) is 12.1 Å². The molecule has 16 heavy (non-hydrogen) atoms. The van der Waals surface area contributed by atoms with E-state index in [0.29, 0.717) is 10.0 Å². The largest absolute Gasteiger partial charge is 0.281 e. The van der Waals surface area contributed by atoms with E-state index in [4.69, 9.17) is 23.2 Å². The highest BCUT2D eigenvalue weighted by Crippen LogP contribution is 2.35. The number of aromatic amines is 1. The Labute approximate surface area is 112 Å². The van der Waals surface area contributed by atoms with Gasteiger partial charge in [-0.15, -0.1) is 0 Å². The Hall–Kier alpha value is -0.510. The summed E-state index contributed by atoms with van der Waals surface area (Å²) in [7, 11) is 0. The molecule has 0 aliphatic carbocycles. The van der Waals surface area contributed by atoms with Crippen molar-refractivity contribution in [3.63, 3.8) is 0 Å². The molecule has 2 nitrogen and oxygen atoms in total. The van der Waals surface area contributed by atoms with Crippen LogP contribution in [0.15, 0.2) is 22.7 Å². The van der Waals surface area contributed by atoms with Crippen LogP contribution in [0.1, 0.15) is 12.6 Å². The molecule has 1 heterocycles. The number of aromatic nitrogens is 2. The van der Waals surface area contributed by atoms with Crippen molar-refractivity contribution in [1.29, 1.82) is 0 Å². The Balaban J connectivity index is 2.58. The third-order valence-electron chi connectivity index (χ3n) is 2.31. The van der Waals surface area contributed by atoms with Gasteiger partial charge in [-0.2, -0.15) is 5.10 Å². The number of nitrogens with zero attached hydrogens (tertiary/aromatic N) is 1. The molecular formula is C11H9BrCl2N2. The summed E-state index contributed by atoms with van der Waals surface area (Å²) < 4.78 is 0.944. The lowest BCUT2D eigenvalue weighted by molar-refractivity contribution is 0.973. The zero-order valence-corrected chi connectivity index (χ0v) is 11.6. The SMILES string of the molecule is CCc1[nH]nc(-c2cc(Cl)ccc2Cl)c1Br. The first-order valence-corrected chi connectivity index (χ1v) is 6.36. The number of halogens is 3. The Morgan fingerprint density at radius 2 is 2.12 bits per heavy atom. The maximum atomic E-state index is 6.12. The molecule has 1 aromatic carbocycles. The average molecular weight is 320 g/mol. The van der Waals surface area contributed by atoms with E-state index >= 15 is 0 Å². The Kier molecular flexibility index (Phi) is 3.57. The number of nitrogens with one attached hydrogen (secondary N) is 1. The topological polar surface area (TPSA) is 28.7 Å². The zero-order chi connectivity index (χ0) is 11.7. The molecule has 0 unspecified atom stereocenters. The molecule has 0 saturated carbocycles. The van der Waals surface area contributed by atoms with Crippen molar-refractivity contribution in [2.75, 3.05) is 0 Å². The highest BCUT2D eigenvalue weighted by Gasteiger charge is 2.14. The molecule has 0 amide bonds. The van der Waals surface area contributed by atoms with Crippen molar-refractivity contribution in [2.45, 2.75) is 13.3 Å². The lowest BCUT2D eigenvalue weighted by Crippen LogP contribution is -1.81. The summed E-state index contributed by atoms with van der Waals surface area (Å²) in [6.45, 7) is 2.06. The van der Waals surface area contributed by atoms with E-state index in [2.05, 4.69) is 33.1 Å². The first-order valence-electron chi connectivity index (χ1n) is 4.81. The minimum Gasteiger partial charge on any atom is -0.281 e. The highest BCUT2D eigenvalue weighted by atomic mass is 79.9. The molecule has 0 radical (unpaired) electrons. The van der Waals surface area contributed by atoms with E-state index in [1.807, 2.05) is 6.07 Å². The lowest BCUT2D eigenvalue weighted by Gasteiger charge is -2.02. The third kappa shape index (κ3) is 2.12. The Morgan fingerprint density at radius 3 is 2.75 bits per heavy atom. The van der Waals surface area contributed by atoms with Gasteiger partial charge < -0.3 is 0 Å². The molecule has 1 aromatic heterocycles. The summed E-state index contributed by atoms with van der Waals surface area (Å²) in [5, 5.41) is 8.50. The van der Waals surface area contributed by atoms with Crippen molar-refractivity contribution in [3.8, 4) is 11.3 Å². The van der Waals surface area contributed by atoms with Crippen LogP contribution in [0.4, 0.5) is 0 Å². The minimum absolute atomic E-state index is 0.638. The monoisotopic (exact) mass is 318 g/mol. The van der Waals surface area contributed by atoms with Crippen LogP contribution < -0.4 is 0 Å². The van der Waals surface area contributed by atoms with Crippen LogP contribution in [0.3, 0.4) is 0 Å². The molecule has 0 fully saturated rings. The van der Waals surface area contributed by atoms with Crippen LogP contribution in [0.2, 0.25) is 10.0 Å². The molecule has 0 aliphatic rings. The van der Waals surface area contributed by atoms with Crippen molar-refractivity contribution in [2.24, 2.45) is 0 Å². The van der Waals surface area contributed by atoms with Gasteiger partial charge in [0, 0.05) is 16.3 Å². The second kappa shape index (κ2) is 4.78. The average Bonchev–Trinajstić information content (AvgIpc) is 2.63. The summed E-state index contributed by atoms with van der Waals surface area (Å²) in [6.07, 6.45) is 0.881. The summed E-state index contributed by atoms with van der Waals surface area (Å²) in [6, 6.07) is 5.34. The lowest BCUT2D eigenvalue weighted by atomic mass is 10.1. The first kappa shape index (κ1) is 12.0. The van der Waals surface area contributed by atoms with Gasteiger partial charge in [0.15, 0.2) is 0 Å². The minimum atomic E-state index is 0.638. The van der Waals surface area contributed by atoms with Crippen LogP contribution in [0.5, 0.6) is 0 Å². The van der Waals surface area contributed by atoms with Crippen molar-refractivity contribution >= 4 is 39.1 Å². The highest BCUT2D eigenvalue weighted by molar-refractivity contribution is 9.10.